The van der Waals surface area contributed by atoms with Crippen molar-refractivity contribution in [3.8, 4) is 0 Å². The Balaban J connectivity index is 2.18. The molecule has 1 aromatic rings. The lowest BCUT2D eigenvalue weighted by molar-refractivity contribution is 0.00578. The van der Waals surface area contributed by atoms with Crippen molar-refractivity contribution >= 4 is 19.0 Å². The summed E-state index contributed by atoms with van der Waals surface area (Å²) in [6.45, 7) is 9.54. The molecule has 0 bridgehead atoms. The van der Waals surface area contributed by atoms with Crippen LogP contribution in [0.15, 0.2) is 24.3 Å². The van der Waals surface area contributed by atoms with Gasteiger partial charge < -0.3 is 9.31 Å². The number of pyridine rings is 1. The number of carbonyl (C=O) groups excluding carboxylic acids is 1. The molecule has 1 fully saturated rings. The summed E-state index contributed by atoms with van der Waals surface area (Å²) in [7, 11) is -0.429. The van der Waals surface area contributed by atoms with Gasteiger partial charge in [-0.25, -0.2) is 0 Å². The zero-order valence-electron chi connectivity index (χ0n) is 12.6. The molecule has 0 N–H and O–H groups in total. The molecule has 4 nitrogen and oxygen atoms in total. The van der Waals surface area contributed by atoms with Gasteiger partial charge in [-0.3, -0.25) is 9.78 Å². The fourth-order valence-corrected chi connectivity index (χ4v) is 1.98. The molecule has 1 aliphatic heterocycles. The van der Waals surface area contributed by atoms with Crippen LogP contribution in [0, 0.1) is 0 Å². The predicted octanol–water partition coefficient (Wildman–Crippen LogP) is 2.93. The molecule has 0 spiro atoms. The number of carbonyl (C=O) groups is 1. The van der Waals surface area contributed by atoms with Crippen molar-refractivity contribution in [1.29, 1.82) is 0 Å². The largest absolute Gasteiger partial charge is 0.487 e. The van der Waals surface area contributed by atoms with Crippen LogP contribution in [-0.4, -0.2) is 29.1 Å². The van der Waals surface area contributed by atoms with E-state index < -0.39 is 7.12 Å². The molecule has 2 rings (SSSR count). The van der Waals surface area contributed by atoms with Gasteiger partial charge in [-0.1, -0.05) is 5.98 Å². The lowest BCUT2D eigenvalue weighted by Crippen LogP contribution is -2.41. The zero-order chi connectivity index (χ0) is 15.0. The summed E-state index contributed by atoms with van der Waals surface area (Å²) in [5, 5.41) is 0. The minimum absolute atomic E-state index is 0.00771. The molecule has 1 aromatic heterocycles. The van der Waals surface area contributed by atoms with Crippen LogP contribution >= 0.6 is 0 Å². The van der Waals surface area contributed by atoms with Crippen LogP contribution in [0.4, 0.5) is 0 Å². The van der Waals surface area contributed by atoms with Crippen molar-refractivity contribution in [1.82, 2.24) is 4.98 Å². The summed E-state index contributed by atoms with van der Waals surface area (Å²) < 4.78 is 11.7. The molecule has 1 saturated heterocycles. The Labute approximate surface area is 120 Å². The molecule has 0 aromatic carbocycles. The molecule has 0 amide bonds. The van der Waals surface area contributed by atoms with Crippen LogP contribution in [0.2, 0.25) is 0 Å². The standard InChI is InChI=1S/C15H20BNO3/c1-11(18)12-7-6-10-17-13(12)8-9-16-19-14(2,3)15(4,5)20-16/h6-10H,1-5H3/b9-8+. The molecule has 0 radical (unpaired) electrons. The van der Waals surface area contributed by atoms with Gasteiger partial charge in [0.05, 0.1) is 16.9 Å². The quantitative estimate of drug-likeness (QED) is 0.627. The maximum absolute atomic E-state index is 11.5. The highest BCUT2D eigenvalue weighted by atomic mass is 16.7. The molecule has 0 saturated carbocycles. The highest BCUT2D eigenvalue weighted by Crippen LogP contribution is 2.37. The SMILES string of the molecule is CC(=O)c1cccnc1/C=C/B1OC(C)(C)C(C)(C)O1. The highest BCUT2D eigenvalue weighted by molar-refractivity contribution is 6.52. The van der Waals surface area contributed by atoms with Gasteiger partial charge in [0.1, 0.15) is 0 Å². The monoisotopic (exact) mass is 273 g/mol. The van der Waals surface area contributed by atoms with Gasteiger partial charge in [0.2, 0.25) is 0 Å². The normalized spacial score (nSPS) is 20.6. The summed E-state index contributed by atoms with van der Waals surface area (Å²) in [5.41, 5.74) is 0.500. The molecule has 0 unspecified atom stereocenters. The Hall–Kier alpha value is -1.46. The number of ketones is 1. The average Bonchev–Trinajstić information content (AvgIpc) is 2.55. The van der Waals surface area contributed by atoms with Crippen LogP contribution in [0.25, 0.3) is 6.08 Å². The first-order valence-electron chi connectivity index (χ1n) is 6.73. The summed E-state index contributed by atoms with van der Waals surface area (Å²) in [6.07, 6.45) is 3.44. The van der Waals surface area contributed by atoms with Gasteiger partial charge >= 0.3 is 7.12 Å². The first-order chi connectivity index (χ1) is 9.23. The second kappa shape index (κ2) is 5.15. The van der Waals surface area contributed by atoms with Crippen molar-refractivity contribution in [3.05, 3.63) is 35.6 Å². The van der Waals surface area contributed by atoms with Gasteiger partial charge in [-0.15, -0.1) is 0 Å². The fraction of sp³-hybridized carbons (Fsp3) is 0.467. The molecule has 0 aliphatic carbocycles. The number of hydrogen-bond acceptors (Lipinski definition) is 4. The van der Waals surface area contributed by atoms with Gasteiger partial charge in [0, 0.05) is 11.8 Å². The molecule has 0 atom stereocenters. The number of rotatable bonds is 3. The number of nitrogens with zero attached hydrogens (tertiary/aromatic N) is 1. The topological polar surface area (TPSA) is 48.4 Å². The van der Waals surface area contributed by atoms with Gasteiger partial charge in [0.25, 0.3) is 0 Å². The Bertz CT molecular complexity index is 536. The van der Waals surface area contributed by atoms with Crippen LogP contribution in [0.1, 0.15) is 50.7 Å². The van der Waals surface area contributed by atoms with Crippen molar-refractivity contribution in [3.63, 3.8) is 0 Å². The number of Topliss-reactive ketones (excluding diaryl/α,β-unsaturated/α-hetero) is 1. The van der Waals surface area contributed by atoms with Crippen LogP contribution in [-0.2, 0) is 9.31 Å². The third-order valence-corrected chi connectivity index (χ3v) is 3.90. The summed E-state index contributed by atoms with van der Waals surface area (Å²) in [4.78, 5) is 15.7. The Morgan fingerprint density at radius 2 is 1.85 bits per heavy atom. The van der Waals surface area contributed by atoms with Crippen LogP contribution < -0.4 is 0 Å². The van der Waals surface area contributed by atoms with Gasteiger partial charge in [-0.05, 0) is 52.8 Å². The van der Waals surface area contributed by atoms with E-state index in [1.165, 1.54) is 6.92 Å². The lowest BCUT2D eigenvalue weighted by Gasteiger charge is -2.32. The second-order valence-corrected chi connectivity index (χ2v) is 5.98. The maximum atomic E-state index is 11.5. The van der Waals surface area contributed by atoms with Crippen molar-refractivity contribution in [2.75, 3.05) is 0 Å². The third kappa shape index (κ3) is 2.84. The molecular formula is C15H20BNO3. The van der Waals surface area contributed by atoms with Crippen molar-refractivity contribution in [2.24, 2.45) is 0 Å². The van der Waals surface area contributed by atoms with E-state index in [4.69, 9.17) is 9.31 Å². The zero-order valence-corrected chi connectivity index (χ0v) is 12.6. The Morgan fingerprint density at radius 1 is 1.25 bits per heavy atom. The number of hydrogen-bond donors (Lipinski definition) is 0. The van der Waals surface area contributed by atoms with Crippen LogP contribution in [0.3, 0.4) is 0 Å². The summed E-state index contributed by atoms with van der Waals surface area (Å²) in [5.74, 6) is 1.79. The lowest BCUT2D eigenvalue weighted by atomic mass is 9.89. The molecular weight excluding hydrogens is 253 g/mol. The minimum atomic E-state index is -0.429. The molecule has 106 valence electrons. The van der Waals surface area contributed by atoms with Crippen LogP contribution in [0.5, 0.6) is 0 Å². The predicted molar refractivity (Wildman–Crippen MR) is 79.4 cm³/mol. The molecule has 1 aliphatic rings. The number of aromatic nitrogens is 1. The van der Waals surface area contributed by atoms with E-state index in [0.717, 1.165) is 0 Å². The van der Waals surface area contributed by atoms with E-state index in [-0.39, 0.29) is 17.0 Å². The summed E-state index contributed by atoms with van der Waals surface area (Å²) >= 11 is 0. The van der Waals surface area contributed by atoms with Crippen molar-refractivity contribution < 1.29 is 14.1 Å². The maximum Gasteiger partial charge on any atom is 0.487 e. The van der Waals surface area contributed by atoms with Gasteiger partial charge in [0.15, 0.2) is 5.78 Å². The van der Waals surface area contributed by atoms with E-state index in [2.05, 4.69) is 4.98 Å². The fourth-order valence-electron chi connectivity index (χ4n) is 1.98. The van der Waals surface area contributed by atoms with E-state index in [1.54, 1.807) is 30.4 Å². The first-order valence-corrected chi connectivity index (χ1v) is 6.73. The Kier molecular flexibility index (Phi) is 3.85. The van der Waals surface area contributed by atoms with Gasteiger partial charge in [-0.2, -0.15) is 0 Å². The smallest absolute Gasteiger partial charge is 0.400 e. The molecule has 2 heterocycles. The minimum Gasteiger partial charge on any atom is -0.400 e. The van der Waals surface area contributed by atoms with E-state index >= 15 is 0 Å². The first kappa shape index (κ1) is 14.9. The van der Waals surface area contributed by atoms with E-state index in [9.17, 15) is 4.79 Å². The Morgan fingerprint density at radius 3 is 2.40 bits per heavy atom. The molecule has 5 heteroatoms. The third-order valence-electron chi connectivity index (χ3n) is 3.90. The second-order valence-electron chi connectivity index (χ2n) is 5.98. The van der Waals surface area contributed by atoms with E-state index in [0.29, 0.717) is 11.3 Å². The average molecular weight is 273 g/mol. The molecule has 20 heavy (non-hydrogen) atoms. The van der Waals surface area contributed by atoms with E-state index in [1.807, 2.05) is 27.7 Å². The highest BCUT2D eigenvalue weighted by Gasteiger charge is 2.50. The van der Waals surface area contributed by atoms with Crippen molar-refractivity contribution in [2.45, 2.75) is 45.8 Å². The summed E-state index contributed by atoms with van der Waals surface area (Å²) in [6, 6.07) is 3.52.